The van der Waals surface area contributed by atoms with E-state index in [-0.39, 0.29) is 10.6 Å². The summed E-state index contributed by atoms with van der Waals surface area (Å²) >= 11 is 7.45. The quantitative estimate of drug-likeness (QED) is 0.593. The number of aliphatic imine (C=N–C) groups is 1. The Balaban J connectivity index is 1.87. The molecule has 0 fully saturated rings. The van der Waals surface area contributed by atoms with E-state index in [0.717, 1.165) is 10.4 Å². The summed E-state index contributed by atoms with van der Waals surface area (Å²) in [5, 5.41) is 19.1. The van der Waals surface area contributed by atoms with Crippen molar-refractivity contribution in [3.05, 3.63) is 62.7 Å². The van der Waals surface area contributed by atoms with Crippen molar-refractivity contribution in [3.63, 3.8) is 0 Å². The molecule has 5 nitrogen and oxygen atoms in total. The lowest BCUT2D eigenvalue weighted by atomic mass is 10.1. The molecule has 0 unspecified atom stereocenters. The van der Waals surface area contributed by atoms with Gasteiger partial charge in [-0.15, -0.1) is 11.3 Å². The number of carboxylic acid groups (broad SMARTS) is 1. The van der Waals surface area contributed by atoms with Gasteiger partial charge in [0.15, 0.2) is 0 Å². The number of furan rings is 1. The number of carbonyl (C=O) groups is 1. The Morgan fingerprint density at radius 2 is 2.12 bits per heavy atom. The van der Waals surface area contributed by atoms with Gasteiger partial charge in [-0.1, -0.05) is 17.7 Å². The number of hydrogen-bond acceptors (Lipinski definition) is 5. The Morgan fingerprint density at radius 3 is 2.77 bits per heavy atom. The molecule has 2 heterocycles. The van der Waals surface area contributed by atoms with E-state index in [0.29, 0.717) is 27.6 Å². The molecule has 0 spiro atoms. The van der Waals surface area contributed by atoms with Crippen molar-refractivity contribution >= 4 is 40.1 Å². The molecule has 2 aromatic heterocycles. The number of rotatable bonds is 4. The van der Waals surface area contributed by atoms with Gasteiger partial charge in [0.2, 0.25) is 0 Å². The van der Waals surface area contributed by atoms with E-state index in [4.69, 9.17) is 21.1 Å². The van der Waals surface area contributed by atoms with Crippen molar-refractivity contribution < 1.29 is 14.3 Å². The number of aromatic carboxylic acids is 1. The Hall–Kier alpha value is -2.88. The maximum Gasteiger partial charge on any atom is 0.337 e. The van der Waals surface area contributed by atoms with E-state index in [1.54, 1.807) is 30.5 Å². The fraction of sp³-hybridized carbons (Fsp3) is 0.105. The highest BCUT2D eigenvalue weighted by atomic mass is 35.5. The third-order valence-electron chi connectivity index (χ3n) is 3.90. The van der Waals surface area contributed by atoms with Crippen LogP contribution in [0.4, 0.5) is 5.00 Å². The zero-order chi connectivity index (χ0) is 18.8. The molecule has 0 bridgehead atoms. The molecule has 3 aromatic rings. The number of halogens is 1. The van der Waals surface area contributed by atoms with Gasteiger partial charge in [0, 0.05) is 10.4 Å². The third kappa shape index (κ3) is 3.40. The first kappa shape index (κ1) is 17.9. The molecule has 3 rings (SSSR count). The predicted octanol–water partition coefficient (Wildman–Crippen LogP) is 5.60. The van der Waals surface area contributed by atoms with Crippen LogP contribution < -0.4 is 0 Å². The van der Waals surface area contributed by atoms with Gasteiger partial charge in [-0.2, -0.15) is 5.26 Å². The molecule has 7 heteroatoms. The van der Waals surface area contributed by atoms with Crippen molar-refractivity contribution in [2.75, 3.05) is 0 Å². The summed E-state index contributed by atoms with van der Waals surface area (Å²) in [6.07, 6.45) is 1.56. The van der Waals surface area contributed by atoms with Crippen LogP contribution in [0.2, 0.25) is 5.02 Å². The summed E-state index contributed by atoms with van der Waals surface area (Å²) in [7, 11) is 0. The van der Waals surface area contributed by atoms with Gasteiger partial charge >= 0.3 is 5.97 Å². The van der Waals surface area contributed by atoms with Gasteiger partial charge < -0.3 is 9.52 Å². The van der Waals surface area contributed by atoms with Crippen LogP contribution in [-0.2, 0) is 0 Å². The fourth-order valence-electron chi connectivity index (χ4n) is 2.37. The highest BCUT2D eigenvalue weighted by molar-refractivity contribution is 7.16. The van der Waals surface area contributed by atoms with Gasteiger partial charge in [0.1, 0.15) is 22.6 Å². The molecule has 1 N–H and O–H groups in total. The molecule has 0 atom stereocenters. The summed E-state index contributed by atoms with van der Waals surface area (Å²) in [5.41, 5.74) is 2.22. The standard InChI is InChI=1S/C19H13ClN2O3S/c1-10-11(2)26-18(15(10)8-21)22-9-13-4-6-17(25-13)12-3-5-14(19(23)24)16(20)7-12/h3-7,9H,1-2H3,(H,23,24). The molecule has 0 saturated carbocycles. The maximum absolute atomic E-state index is 11.0. The molecule has 0 aliphatic carbocycles. The van der Waals surface area contributed by atoms with Gasteiger partial charge in [-0.25, -0.2) is 9.79 Å². The van der Waals surface area contributed by atoms with Crippen molar-refractivity contribution in [2.24, 2.45) is 4.99 Å². The van der Waals surface area contributed by atoms with Crippen LogP contribution in [-0.4, -0.2) is 17.3 Å². The monoisotopic (exact) mass is 384 g/mol. The van der Waals surface area contributed by atoms with E-state index in [1.165, 1.54) is 17.4 Å². The Kier molecular flexibility index (Phi) is 4.94. The summed E-state index contributed by atoms with van der Waals surface area (Å²) in [5.74, 6) is -0.0148. The molecule has 1 aromatic carbocycles. The first-order valence-electron chi connectivity index (χ1n) is 7.58. The molecular formula is C19H13ClN2O3S. The average Bonchev–Trinajstić information content (AvgIpc) is 3.18. The largest absolute Gasteiger partial charge is 0.478 e. The molecule has 0 aliphatic rings. The van der Waals surface area contributed by atoms with Crippen LogP contribution >= 0.6 is 22.9 Å². The molecule has 130 valence electrons. The van der Waals surface area contributed by atoms with Crippen molar-refractivity contribution in [3.8, 4) is 17.4 Å². The summed E-state index contributed by atoms with van der Waals surface area (Å²) in [6, 6.07) is 10.3. The second kappa shape index (κ2) is 7.16. The number of aryl methyl sites for hydroxylation is 1. The normalized spacial score (nSPS) is 11.0. The second-order valence-corrected chi connectivity index (χ2v) is 7.15. The zero-order valence-electron chi connectivity index (χ0n) is 13.9. The molecule has 26 heavy (non-hydrogen) atoms. The van der Waals surface area contributed by atoms with Crippen LogP contribution in [0, 0.1) is 25.2 Å². The Morgan fingerprint density at radius 1 is 1.35 bits per heavy atom. The van der Waals surface area contributed by atoms with Crippen LogP contribution in [0.3, 0.4) is 0 Å². The minimum absolute atomic E-state index is 0.0382. The van der Waals surface area contributed by atoms with E-state index < -0.39 is 5.97 Å². The average molecular weight is 385 g/mol. The Labute approximate surface area is 158 Å². The summed E-state index contributed by atoms with van der Waals surface area (Å²) in [4.78, 5) is 16.4. The first-order valence-corrected chi connectivity index (χ1v) is 8.77. The van der Waals surface area contributed by atoms with Crippen molar-refractivity contribution in [1.29, 1.82) is 5.26 Å². The SMILES string of the molecule is Cc1sc(N=Cc2ccc(-c3ccc(C(=O)O)c(Cl)c3)o2)c(C#N)c1C. The zero-order valence-corrected chi connectivity index (χ0v) is 15.5. The summed E-state index contributed by atoms with van der Waals surface area (Å²) < 4.78 is 5.72. The van der Waals surface area contributed by atoms with Crippen molar-refractivity contribution in [2.45, 2.75) is 13.8 Å². The fourth-order valence-corrected chi connectivity index (χ4v) is 3.59. The number of nitriles is 1. The number of thiophene rings is 1. The smallest absolute Gasteiger partial charge is 0.337 e. The molecular weight excluding hydrogens is 372 g/mol. The highest BCUT2D eigenvalue weighted by Gasteiger charge is 2.13. The van der Waals surface area contributed by atoms with E-state index >= 15 is 0 Å². The van der Waals surface area contributed by atoms with E-state index in [1.807, 2.05) is 13.8 Å². The van der Waals surface area contributed by atoms with Crippen LogP contribution in [0.5, 0.6) is 0 Å². The lowest BCUT2D eigenvalue weighted by Gasteiger charge is -2.01. The number of benzene rings is 1. The van der Waals surface area contributed by atoms with Gasteiger partial charge in [-0.3, -0.25) is 0 Å². The number of hydrogen-bond donors (Lipinski definition) is 1. The maximum atomic E-state index is 11.0. The Bertz CT molecular complexity index is 1070. The van der Waals surface area contributed by atoms with Gasteiger partial charge in [0.25, 0.3) is 0 Å². The molecule has 0 radical (unpaired) electrons. The van der Waals surface area contributed by atoms with Crippen LogP contribution in [0.15, 0.2) is 39.7 Å². The van der Waals surface area contributed by atoms with Crippen molar-refractivity contribution in [1.82, 2.24) is 0 Å². The highest BCUT2D eigenvalue weighted by Crippen LogP contribution is 2.34. The van der Waals surface area contributed by atoms with Gasteiger partial charge in [0.05, 0.1) is 22.4 Å². The van der Waals surface area contributed by atoms with Crippen LogP contribution in [0.25, 0.3) is 11.3 Å². The molecule has 0 aliphatic heterocycles. The summed E-state index contributed by atoms with van der Waals surface area (Å²) in [6.45, 7) is 3.86. The lowest BCUT2D eigenvalue weighted by molar-refractivity contribution is 0.0697. The molecule has 0 amide bonds. The lowest BCUT2D eigenvalue weighted by Crippen LogP contribution is -1.96. The second-order valence-electron chi connectivity index (χ2n) is 5.54. The van der Waals surface area contributed by atoms with E-state index in [2.05, 4.69) is 11.1 Å². The minimum Gasteiger partial charge on any atom is -0.478 e. The van der Waals surface area contributed by atoms with Gasteiger partial charge in [-0.05, 0) is 43.7 Å². The molecule has 0 saturated heterocycles. The third-order valence-corrected chi connectivity index (χ3v) is 5.33. The number of nitrogens with zero attached hydrogens (tertiary/aromatic N) is 2. The first-order chi connectivity index (χ1) is 12.4. The minimum atomic E-state index is -1.08. The van der Waals surface area contributed by atoms with E-state index in [9.17, 15) is 10.1 Å². The number of carboxylic acids is 1. The van der Waals surface area contributed by atoms with Crippen LogP contribution in [0.1, 0.15) is 32.1 Å². The predicted molar refractivity (Wildman–Crippen MR) is 102 cm³/mol. The topological polar surface area (TPSA) is 86.6 Å².